The molecule has 1 N–H and O–H groups in total. The molecule has 0 bridgehead atoms. The first-order chi connectivity index (χ1) is 17.1. The largest absolute Gasteiger partial charge is 0.487 e. The van der Waals surface area contributed by atoms with Gasteiger partial charge in [-0.15, -0.1) is 0 Å². The Morgan fingerprint density at radius 2 is 1.69 bits per heavy atom. The van der Waals surface area contributed by atoms with Gasteiger partial charge in [-0.25, -0.2) is 0 Å². The highest BCUT2D eigenvalue weighted by Crippen LogP contribution is 2.38. The summed E-state index contributed by atoms with van der Waals surface area (Å²) in [7, 11) is 0. The number of rotatable bonds is 9. The first kappa shape index (κ1) is 25.8. The molecular weight excluding hydrogens is 474 g/mol. The molecule has 188 valence electrons. The molecule has 3 aromatic carbocycles. The van der Waals surface area contributed by atoms with Gasteiger partial charge in [-0.3, -0.25) is 9.59 Å². The summed E-state index contributed by atoms with van der Waals surface area (Å²) in [5, 5.41) is 10.0. The van der Waals surface area contributed by atoms with E-state index < -0.39 is 11.6 Å². The van der Waals surface area contributed by atoms with Crippen molar-refractivity contribution < 1.29 is 19.4 Å². The molecular formula is C30H32ClNO4. The Hall–Kier alpha value is -3.31. The highest BCUT2D eigenvalue weighted by Gasteiger charge is 2.35. The van der Waals surface area contributed by atoms with Crippen LogP contribution in [0.2, 0.25) is 5.02 Å². The fourth-order valence-corrected chi connectivity index (χ4v) is 4.84. The number of fused-ring (bicyclic) bond motifs is 1. The van der Waals surface area contributed by atoms with Crippen molar-refractivity contribution in [1.82, 2.24) is 4.90 Å². The van der Waals surface area contributed by atoms with Gasteiger partial charge in [0.1, 0.15) is 17.9 Å². The highest BCUT2D eigenvalue weighted by atomic mass is 35.5. The molecule has 0 radical (unpaired) electrons. The van der Waals surface area contributed by atoms with E-state index in [1.807, 2.05) is 24.3 Å². The van der Waals surface area contributed by atoms with Crippen LogP contribution in [0.25, 0.3) is 0 Å². The monoisotopic (exact) mass is 505 g/mol. The molecule has 0 aromatic heterocycles. The first-order valence-corrected chi connectivity index (χ1v) is 12.7. The van der Waals surface area contributed by atoms with Crippen LogP contribution in [-0.4, -0.2) is 40.6 Å². The molecule has 1 unspecified atom stereocenters. The van der Waals surface area contributed by atoms with Gasteiger partial charge in [0.15, 0.2) is 0 Å². The molecule has 1 heterocycles. The number of hydrogen-bond donors (Lipinski definition) is 1. The lowest BCUT2D eigenvalue weighted by Gasteiger charge is -2.24. The highest BCUT2D eigenvalue weighted by molar-refractivity contribution is 6.30. The van der Waals surface area contributed by atoms with Crippen molar-refractivity contribution in [3.05, 3.63) is 99.6 Å². The van der Waals surface area contributed by atoms with Gasteiger partial charge in [0.05, 0.1) is 0 Å². The fraction of sp³-hybridized carbons (Fsp3) is 0.333. The smallest absolute Gasteiger partial charge is 0.323 e. The number of carboxylic acid groups (broad SMARTS) is 1. The molecule has 1 aliphatic heterocycles. The van der Waals surface area contributed by atoms with Gasteiger partial charge >= 0.3 is 5.97 Å². The van der Waals surface area contributed by atoms with Crippen LogP contribution in [-0.2, 0) is 24.1 Å². The number of hydrogen-bond acceptors (Lipinski definition) is 3. The summed E-state index contributed by atoms with van der Waals surface area (Å²) in [6.07, 6.45) is 1.98. The van der Waals surface area contributed by atoms with Gasteiger partial charge in [-0.1, -0.05) is 61.8 Å². The molecule has 1 amide bonds. The second-order valence-electron chi connectivity index (χ2n) is 10.1. The number of nitrogens with zero attached hydrogens (tertiary/aromatic N) is 1. The number of ether oxygens (including phenoxy) is 1. The molecule has 6 heteroatoms. The van der Waals surface area contributed by atoms with Crippen molar-refractivity contribution in [2.45, 2.75) is 51.6 Å². The molecule has 0 fully saturated rings. The van der Waals surface area contributed by atoms with Crippen LogP contribution in [0.1, 0.15) is 59.3 Å². The van der Waals surface area contributed by atoms with Gasteiger partial charge in [0, 0.05) is 30.0 Å². The number of benzene rings is 3. The van der Waals surface area contributed by atoms with E-state index in [0.717, 1.165) is 23.3 Å². The molecule has 3 aromatic rings. The van der Waals surface area contributed by atoms with Gasteiger partial charge in [-0.2, -0.15) is 0 Å². The Balaban J connectivity index is 1.46. The van der Waals surface area contributed by atoms with E-state index in [2.05, 4.69) is 45.0 Å². The molecule has 0 saturated carbocycles. The summed E-state index contributed by atoms with van der Waals surface area (Å²) in [5.74, 6) is -0.0738. The van der Waals surface area contributed by atoms with E-state index >= 15 is 0 Å². The van der Waals surface area contributed by atoms with E-state index in [4.69, 9.17) is 16.3 Å². The maximum atomic E-state index is 13.3. The Morgan fingerprint density at radius 3 is 2.33 bits per heavy atom. The van der Waals surface area contributed by atoms with E-state index in [1.54, 1.807) is 18.2 Å². The van der Waals surface area contributed by atoms with E-state index in [9.17, 15) is 14.7 Å². The Bertz CT molecular complexity index is 1240. The van der Waals surface area contributed by atoms with Gasteiger partial charge in [0.25, 0.3) is 5.91 Å². The summed E-state index contributed by atoms with van der Waals surface area (Å²) in [6, 6.07) is 21.4. The number of halogens is 1. The van der Waals surface area contributed by atoms with Gasteiger partial charge in [0.2, 0.25) is 0 Å². The molecule has 0 saturated heterocycles. The SMILES string of the molecule is CC(C)c1ccc(CC2(C)Cc3cc(C(=O)N(CCc4ccc(Cl)cc4)CC(=O)O)ccc3O2)cc1. The predicted octanol–water partition coefficient (Wildman–Crippen LogP) is 6.17. The average Bonchev–Trinajstić information content (AvgIpc) is 3.17. The molecule has 36 heavy (non-hydrogen) atoms. The number of carboxylic acids is 1. The zero-order valence-electron chi connectivity index (χ0n) is 21.0. The number of amides is 1. The van der Waals surface area contributed by atoms with Crippen molar-refractivity contribution in [2.24, 2.45) is 0 Å². The van der Waals surface area contributed by atoms with Crippen LogP contribution in [0.15, 0.2) is 66.7 Å². The number of carbonyl (C=O) groups excluding carboxylic acids is 1. The summed E-state index contributed by atoms with van der Waals surface area (Å²) in [5.41, 5.74) is 4.54. The third-order valence-electron chi connectivity index (χ3n) is 6.65. The van der Waals surface area contributed by atoms with Crippen LogP contribution in [0.5, 0.6) is 5.75 Å². The van der Waals surface area contributed by atoms with Crippen molar-refractivity contribution >= 4 is 23.5 Å². The van der Waals surface area contributed by atoms with Crippen LogP contribution in [0, 0.1) is 0 Å². The van der Waals surface area contributed by atoms with Crippen molar-refractivity contribution in [2.75, 3.05) is 13.1 Å². The van der Waals surface area contributed by atoms with E-state index in [0.29, 0.717) is 35.9 Å². The van der Waals surface area contributed by atoms with Gasteiger partial charge < -0.3 is 14.7 Å². The second-order valence-corrected chi connectivity index (χ2v) is 10.6. The maximum absolute atomic E-state index is 13.3. The van der Waals surface area contributed by atoms with Crippen LogP contribution >= 0.6 is 11.6 Å². The topological polar surface area (TPSA) is 66.8 Å². The summed E-state index contributed by atoms with van der Waals surface area (Å²) >= 11 is 5.95. The summed E-state index contributed by atoms with van der Waals surface area (Å²) in [6.45, 7) is 6.39. The molecule has 0 spiro atoms. The number of aliphatic carboxylic acids is 1. The third kappa shape index (κ3) is 6.27. The van der Waals surface area contributed by atoms with Crippen molar-refractivity contribution in [3.8, 4) is 5.75 Å². The van der Waals surface area contributed by atoms with Crippen LogP contribution in [0.4, 0.5) is 0 Å². The van der Waals surface area contributed by atoms with E-state index in [-0.39, 0.29) is 12.5 Å². The molecule has 1 atom stereocenters. The zero-order valence-corrected chi connectivity index (χ0v) is 21.7. The average molecular weight is 506 g/mol. The summed E-state index contributed by atoms with van der Waals surface area (Å²) < 4.78 is 6.32. The Morgan fingerprint density at radius 1 is 1.03 bits per heavy atom. The quantitative estimate of drug-likeness (QED) is 0.377. The maximum Gasteiger partial charge on any atom is 0.323 e. The van der Waals surface area contributed by atoms with Crippen molar-refractivity contribution in [3.63, 3.8) is 0 Å². The lowest BCUT2D eigenvalue weighted by Crippen LogP contribution is -2.37. The molecule has 0 aliphatic carbocycles. The predicted molar refractivity (Wildman–Crippen MR) is 142 cm³/mol. The van der Waals surface area contributed by atoms with Crippen LogP contribution < -0.4 is 4.74 Å². The summed E-state index contributed by atoms with van der Waals surface area (Å²) in [4.78, 5) is 26.1. The molecule has 5 nitrogen and oxygen atoms in total. The second kappa shape index (κ2) is 10.8. The van der Waals surface area contributed by atoms with E-state index in [1.165, 1.54) is 16.0 Å². The zero-order chi connectivity index (χ0) is 25.9. The van der Waals surface area contributed by atoms with Crippen molar-refractivity contribution in [1.29, 1.82) is 0 Å². The Kier molecular flexibility index (Phi) is 7.70. The fourth-order valence-electron chi connectivity index (χ4n) is 4.72. The number of carbonyl (C=O) groups is 2. The van der Waals surface area contributed by atoms with Crippen LogP contribution in [0.3, 0.4) is 0 Å². The third-order valence-corrected chi connectivity index (χ3v) is 6.90. The minimum Gasteiger partial charge on any atom is -0.487 e. The lowest BCUT2D eigenvalue weighted by atomic mass is 9.90. The molecule has 4 rings (SSSR count). The lowest BCUT2D eigenvalue weighted by molar-refractivity contribution is -0.137. The standard InChI is InChI=1S/C30H32ClNO4/c1-20(2)23-8-4-22(5-9-23)17-30(3)18-25-16-24(10-13-27(25)36-30)29(35)32(19-28(33)34)15-14-21-6-11-26(31)12-7-21/h4-13,16,20H,14-15,17-19H2,1-3H3,(H,33,34). The molecule has 1 aliphatic rings. The van der Waals surface area contributed by atoms with Gasteiger partial charge in [-0.05, 0) is 71.8 Å². The Labute approximate surface area is 217 Å². The minimum atomic E-state index is -1.04. The minimum absolute atomic E-state index is 0.296. The normalized spacial score (nSPS) is 16.5. The first-order valence-electron chi connectivity index (χ1n) is 12.3.